The molecule has 0 aliphatic heterocycles. The summed E-state index contributed by atoms with van der Waals surface area (Å²) >= 11 is 0. The molecule has 0 aliphatic rings. The Labute approximate surface area is 104 Å². The molecule has 18 heavy (non-hydrogen) atoms. The third-order valence-corrected chi connectivity index (χ3v) is 2.65. The van der Waals surface area contributed by atoms with Crippen LogP contribution in [0, 0.1) is 0 Å². The van der Waals surface area contributed by atoms with E-state index in [1.54, 1.807) is 19.2 Å². The van der Waals surface area contributed by atoms with E-state index in [2.05, 4.69) is 4.98 Å². The van der Waals surface area contributed by atoms with Gasteiger partial charge in [-0.3, -0.25) is 0 Å². The van der Waals surface area contributed by atoms with Gasteiger partial charge in [0.2, 0.25) is 0 Å². The highest BCUT2D eigenvalue weighted by atomic mass is 16.5. The number of carboxylic acids is 1. The minimum atomic E-state index is -1.44. The minimum Gasteiger partial charge on any atom is -0.494 e. The minimum absolute atomic E-state index is 0.0245. The van der Waals surface area contributed by atoms with Crippen LogP contribution in [0.15, 0.2) is 30.3 Å². The van der Waals surface area contributed by atoms with Gasteiger partial charge in [0.05, 0.1) is 7.11 Å². The Morgan fingerprint density at radius 1 is 1.39 bits per heavy atom. The molecule has 5 nitrogen and oxygen atoms in total. The summed E-state index contributed by atoms with van der Waals surface area (Å²) in [6, 6.07) is 9.06. The first-order valence-corrected chi connectivity index (χ1v) is 5.45. The van der Waals surface area contributed by atoms with E-state index in [1.165, 1.54) is 0 Å². The number of aliphatic hydroxyl groups is 1. The first kappa shape index (κ1) is 12.3. The van der Waals surface area contributed by atoms with Crippen molar-refractivity contribution in [1.29, 1.82) is 0 Å². The van der Waals surface area contributed by atoms with Crippen molar-refractivity contribution in [1.82, 2.24) is 4.98 Å². The Balaban J connectivity index is 2.40. The molecule has 1 aromatic heterocycles. The van der Waals surface area contributed by atoms with E-state index < -0.39 is 12.1 Å². The average Bonchev–Trinajstić information content (AvgIpc) is 2.37. The normalized spacial score (nSPS) is 12.3. The molecule has 0 radical (unpaired) electrons. The lowest BCUT2D eigenvalue weighted by molar-refractivity contribution is -0.146. The first-order valence-electron chi connectivity index (χ1n) is 5.45. The fourth-order valence-corrected chi connectivity index (χ4v) is 1.72. The van der Waals surface area contributed by atoms with Crippen LogP contribution in [-0.2, 0) is 11.2 Å². The predicted octanol–water partition coefficient (Wildman–Crippen LogP) is 1.23. The number of aromatic nitrogens is 1. The van der Waals surface area contributed by atoms with Crippen LogP contribution in [0.5, 0.6) is 5.75 Å². The highest BCUT2D eigenvalue weighted by Crippen LogP contribution is 2.23. The number of nitrogens with zero attached hydrogens (tertiary/aromatic N) is 1. The van der Waals surface area contributed by atoms with Crippen LogP contribution in [-0.4, -0.2) is 34.4 Å². The number of pyridine rings is 1. The van der Waals surface area contributed by atoms with Gasteiger partial charge in [-0.15, -0.1) is 0 Å². The second-order valence-corrected chi connectivity index (χ2v) is 3.89. The summed E-state index contributed by atoms with van der Waals surface area (Å²) in [4.78, 5) is 14.9. The predicted molar refractivity (Wildman–Crippen MR) is 65.6 cm³/mol. The van der Waals surface area contributed by atoms with E-state index in [-0.39, 0.29) is 6.42 Å². The summed E-state index contributed by atoms with van der Waals surface area (Å²) in [5.41, 5.74) is 1.18. The monoisotopic (exact) mass is 247 g/mol. The average molecular weight is 247 g/mol. The number of benzene rings is 1. The summed E-state index contributed by atoms with van der Waals surface area (Å²) in [7, 11) is 1.55. The number of para-hydroxylation sites is 1. The van der Waals surface area contributed by atoms with Gasteiger partial charge in [0.1, 0.15) is 11.3 Å². The number of ether oxygens (including phenoxy) is 1. The van der Waals surface area contributed by atoms with Gasteiger partial charge in [0.25, 0.3) is 0 Å². The van der Waals surface area contributed by atoms with Crippen LogP contribution in [0.4, 0.5) is 0 Å². The highest BCUT2D eigenvalue weighted by molar-refractivity contribution is 5.84. The number of fused-ring (bicyclic) bond motifs is 1. The molecule has 94 valence electrons. The zero-order chi connectivity index (χ0) is 13.1. The van der Waals surface area contributed by atoms with Crippen molar-refractivity contribution < 1.29 is 19.7 Å². The van der Waals surface area contributed by atoms with E-state index in [0.29, 0.717) is 17.0 Å². The van der Waals surface area contributed by atoms with E-state index >= 15 is 0 Å². The molecule has 0 spiro atoms. The van der Waals surface area contributed by atoms with Crippen LogP contribution < -0.4 is 4.74 Å². The number of carbonyl (C=O) groups is 1. The van der Waals surface area contributed by atoms with Crippen molar-refractivity contribution in [3.05, 3.63) is 36.0 Å². The molecule has 2 rings (SSSR count). The smallest absolute Gasteiger partial charge is 0.332 e. The maximum Gasteiger partial charge on any atom is 0.332 e. The third kappa shape index (κ3) is 2.41. The second kappa shape index (κ2) is 5.01. The quantitative estimate of drug-likeness (QED) is 0.849. The molecule has 0 saturated carbocycles. The second-order valence-electron chi connectivity index (χ2n) is 3.89. The number of carboxylic acid groups (broad SMARTS) is 1. The lowest BCUT2D eigenvalue weighted by Gasteiger charge is -2.08. The van der Waals surface area contributed by atoms with Crippen molar-refractivity contribution in [2.45, 2.75) is 12.5 Å². The van der Waals surface area contributed by atoms with Gasteiger partial charge >= 0.3 is 5.97 Å². The summed E-state index contributed by atoms with van der Waals surface area (Å²) in [5.74, 6) is -0.629. The zero-order valence-corrected chi connectivity index (χ0v) is 9.83. The molecule has 2 N–H and O–H groups in total. The molecule has 5 heteroatoms. The molecule has 0 bridgehead atoms. The van der Waals surface area contributed by atoms with Gasteiger partial charge < -0.3 is 14.9 Å². The third-order valence-electron chi connectivity index (χ3n) is 2.65. The van der Waals surface area contributed by atoms with Gasteiger partial charge in [0.15, 0.2) is 6.10 Å². The first-order chi connectivity index (χ1) is 8.61. The van der Waals surface area contributed by atoms with Crippen LogP contribution in [0.2, 0.25) is 0 Å². The number of aliphatic carboxylic acids is 1. The van der Waals surface area contributed by atoms with Gasteiger partial charge in [-0.25, -0.2) is 9.78 Å². The number of hydrogen-bond acceptors (Lipinski definition) is 4. The zero-order valence-electron chi connectivity index (χ0n) is 9.83. The van der Waals surface area contributed by atoms with Crippen LogP contribution in [0.25, 0.3) is 10.9 Å². The summed E-state index contributed by atoms with van der Waals surface area (Å²) in [5, 5.41) is 18.9. The van der Waals surface area contributed by atoms with Gasteiger partial charge in [-0.05, 0) is 12.1 Å². The molecule has 0 amide bonds. The number of methoxy groups -OCH3 is 1. The van der Waals surface area contributed by atoms with Crippen molar-refractivity contribution in [3.8, 4) is 5.75 Å². The Morgan fingerprint density at radius 2 is 2.17 bits per heavy atom. The molecule has 1 unspecified atom stereocenters. The molecular formula is C13H13NO4. The molecule has 0 saturated heterocycles. The largest absolute Gasteiger partial charge is 0.494 e. The van der Waals surface area contributed by atoms with Gasteiger partial charge in [-0.1, -0.05) is 18.2 Å². The molecule has 2 aromatic rings. The SMILES string of the molecule is COc1cccc2ccc(CC(O)C(=O)O)nc12. The van der Waals surface area contributed by atoms with E-state index in [1.807, 2.05) is 18.2 Å². The van der Waals surface area contributed by atoms with E-state index in [4.69, 9.17) is 9.84 Å². The number of hydrogen-bond donors (Lipinski definition) is 2. The molecule has 1 heterocycles. The van der Waals surface area contributed by atoms with E-state index in [9.17, 15) is 9.90 Å². The molecule has 0 aliphatic carbocycles. The molecular weight excluding hydrogens is 234 g/mol. The molecule has 1 atom stereocenters. The molecule has 1 aromatic carbocycles. The maximum absolute atomic E-state index is 10.6. The van der Waals surface area contributed by atoms with Crippen LogP contribution in [0.1, 0.15) is 5.69 Å². The molecule has 0 fully saturated rings. The van der Waals surface area contributed by atoms with Crippen molar-refractivity contribution in [2.75, 3.05) is 7.11 Å². The van der Waals surface area contributed by atoms with Crippen LogP contribution in [0.3, 0.4) is 0 Å². The highest BCUT2D eigenvalue weighted by Gasteiger charge is 2.15. The Kier molecular flexibility index (Phi) is 3.43. The summed E-state index contributed by atoms with van der Waals surface area (Å²) in [6.45, 7) is 0. The Morgan fingerprint density at radius 3 is 2.83 bits per heavy atom. The lowest BCUT2D eigenvalue weighted by Crippen LogP contribution is -2.22. The van der Waals surface area contributed by atoms with Crippen molar-refractivity contribution in [2.24, 2.45) is 0 Å². The number of rotatable bonds is 4. The standard InChI is InChI=1S/C13H13NO4/c1-18-11-4-2-3-8-5-6-9(14-12(8)11)7-10(15)13(16)17/h2-6,10,15H,7H2,1H3,(H,16,17). The van der Waals surface area contributed by atoms with Crippen LogP contribution >= 0.6 is 0 Å². The summed E-state index contributed by atoms with van der Waals surface area (Å²) in [6.07, 6.45) is -1.46. The fraction of sp³-hybridized carbons (Fsp3) is 0.231. The number of aliphatic hydroxyl groups excluding tert-OH is 1. The fourth-order valence-electron chi connectivity index (χ4n) is 1.72. The Hall–Kier alpha value is -2.14. The topological polar surface area (TPSA) is 79.7 Å². The summed E-state index contributed by atoms with van der Waals surface area (Å²) < 4.78 is 5.19. The lowest BCUT2D eigenvalue weighted by atomic mass is 10.1. The van der Waals surface area contributed by atoms with Gasteiger partial charge in [0, 0.05) is 17.5 Å². The maximum atomic E-state index is 10.6. The van der Waals surface area contributed by atoms with Gasteiger partial charge in [-0.2, -0.15) is 0 Å². The van der Waals surface area contributed by atoms with E-state index in [0.717, 1.165) is 5.39 Å². The van der Waals surface area contributed by atoms with Crippen molar-refractivity contribution >= 4 is 16.9 Å². The van der Waals surface area contributed by atoms with Crippen molar-refractivity contribution in [3.63, 3.8) is 0 Å². The Bertz CT molecular complexity index is 582.